The summed E-state index contributed by atoms with van der Waals surface area (Å²) in [6.07, 6.45) is 0. The molecule has 1 aromatic carbocycles. The summed E-state index contributed by atoms with van der Waals surface area (Å²) in [6, 6.07) is 0. The van der Waals surface area contributed by atoms with E-state index in [1.165, 1.54) is 13.8 Å². The normalized spacial score (nSPS) is 11.1. The maximum atomic E-state index is 13.1. The van der Waals surface area contributed by atoms with Gasteiger partial charge in [-0.3, -0.25) is 0 Å². The Labute approximate surface area is 83.5 Å². The molecule has 0 unspecified atom stereocenters. The van der Waals surface area contributed by atoms with Gasteiger partial charge >= 0.3 is 0 Å². The number of halogens is 5. The highest BCUT2D eigenvalue weighted by molar-refractivity contribution is 6.30. The summed E-state index contributed by atoms with van der Waals surface area (Å²) in [7, 11) is 0. The van der Waals surface area contributed by atoms with Gasteiger partial charge in [0.25, 0.3) is 0 Å². The lowest BCUT2D eigenvalue weighted by Gasteiger charge is -2.10. The van der Waals surface area contributed by atoms with Crippen LogP contribution in [0.4, 0.5) is 17.6 Å². The fourth-order valence-electron chi connectivity index (χ4n) is 1.13. The lowest BCUT2D eigenvalue weighted by atomic mass is 10.0. The van der Waals surface area contributed by atoms with E-state index in [1.807, 2.05) is 0 Å². The van der Waals surface area contributed by atoms with Crippen molar-refractivity contribution in [3.63, 3.8) is 0 Å². The van der Waals surface area contributed by atoms with Gasteiger partial charge in [0.15, 0.2) is 23.3 Å². The SMILES string of the molecule is CC(C)c1c(F)c(F)c(Cl)c(F)c1F. The minimum absolute atomic E-state index is 0.621. The first kappa shape index (κ1) is 11.3. The monoisotopic (exact) mass is 226 g/mol. The zero-order chi connectivity index (χ0) is 11.0. The van der Waals surface area contributed by atoms with Crippen molar-refractivity contribution in [1.82, 2.24) is 0 Å². The molecule has 5 heteroatoms. The Morgan fingerprint density at radius 1 is 0.857 bits per heavy atom. The molecule has 0 N–H and O–H groups in total. The second-order valence-electron chi connectivity index (χ2n) is 3.14. The van der Waals surface area contributed by atoms with Crippen molar-refractivity contribution in [2.45, 2.75) is 19.8 Å². The van der Waals surface area contributed by atoms with Crippen LogP contribution in [0, 0.1) is 23.3 Å². The standard InChI is InChI=1S/C9H7ClF4/c1-3(2)4-6(11)8(13)5(10)9(14)7(4)12/h3H,1-2H3. The third kappa shape index (κ3) is 1.59. The van der Waals surface area contributed by atoms with Gasteiger partial charge in [-0.2, -0.15) is 0 Å². The lowest BCUT2D eigenvalue weighted by Crippen LogP contribution is -2.05. The zero-order valence-electron chi connectivity index (χ0n) is 7.47. The molecule has 0 aromatic heterocycles. The van der Waals surface area contributed by atoms with E-state index in [0.29, 0.717) is 0 Å². The van der Waals surface area contributed by atoms with Crippen LogP contribution in [0.15, 0.2) is 0 Å². The molecule has 1 aromatic rings. The zero-order valence-corrected chi connectivity index (χ0v) is 8.22. The highest BCUT2D eigenvalue weighted by Gasteiger charge is 2.25. The Bertz CT molecular complexity index is 345. The van der Waals surface area contributed by atoms with Gasteiger partial charge in [-0.25, -0.2) is 17.6 Å². The van der Waals surface area contributed by atoms with Crippen molar-refractivity contribution in [2.75, 3.05) is 0 Å². The molecule has 0 saturated carbocycles. The molecular weight excluding hydrogens is 220 g/mol. The number of rotatable bonds is 1. The van der Waals surface area contributed by atoms with E-state index in [1.54, 1.807) is 0 Å². The molecule has 0 atom stereocenters. The van der Waals surface area contributed by atoms with Gasteiger partial charge in [0.05, 0.1) is 0 Å². The van der Waals surface area contributed by atoms with Crippen LogP contribution >= 0.6 is 11.6 Å². The minimum Gasteiger partial charge on any atom is -0.203 e. The maximum absolute atomic E-state index is 13.1. The molecule has 1 rings (SSSR count). The lowest BCUT2D eigenvalue weighted by molar-refractivity contribution is 0.433. The molecule has 0 aliphatic carbocycles. The molecule has 0 fully saturated rings. The van der Waals surface area contributed by atoms with Crippen molar-refractivity contribution in [3.8, 4) is 0 Å². The highest BCUT2D eigenvalue weighted by atomic mass is 35.5. The number of hydrogen-bond acceptors (Lipinski definition) is 0. The summed E-state index contributed by atoms with van der Waals surface area (Å²) >= 11 is 5.03. The maximum Gasteiger partial charge on any atom is 0.180 e. The van der Waals surface area contributed by atoms with Crippen molar-refractivity contribution < 1.29 is 17.6 Å². The molecule has 0 saturated heterocycles. The molecule has 14 heavy (non-hydrogen) atoms. The molecule has 0 heterocycles. The van der Waals surface area contributed by atoms with Crippen LogP contribution in [0.1, 0.15) is 25.3 Å². The summed E-state index contributed by atoms with van der Waals surface area (Å²) in [6.45, 7) is 2.85. The third-order valence-corrected chi connectivity index (χ3v) is 2.15. The molecule has 78 valence electrons. The van der Waals surface area contributed by atoms with E-state index in [-0.39, 0.29) is 0 Å². The quantitative estimate of drug-likeness (QED) is 0.385. The Morgan fingerprint density at radius 2 is 1.21 bits per heavy atom. The Balaban J connectivity index is 3.60. The van der Waals surface area contributed by atoms with E-state index in [4.69, 9.17) is 11.6 Å². The van der Waals surface area contributed by atoms with Crippen LogP contribution in [0.2, 0.25) is 5.02 Å². The van der Waals surface area contributed by atoms with Crippen molar-refractivity contribution in [3.05, 3.63) is 33.9 Å². The average molecular weight is 227 g/mol. The minimum atomic E-state index is -1.55. The second-order valence-corrected chi connectivity index (χ2v) is 3.52. The van der Waals surface area contributed by atoms with Crippen molar-refractivity contribution in [1.29, 1.82) is 0 Å². The Kier molecular flexibility index (Phi) is 3.04. The average Bonchev–Trinajstić information content (AvgIpc) is 2.11. The molecular formula is C9H7ClF4. The summed E-state index contributed by atoms with van der Waals surface area (Å²) in [4.78, 5) is 0. The largest absolute Gasteiger partial charge is 0.203 e. The highest BCUT2D eigenvalue weighted by Crippen LogP contribution is 2.31. The summed E-state index contributed by atoms with van der Waals surface area (Å²) in [5, 5.41) is -1.15. The van der Waals surface area contributed by atoms with E-state index in [9.17, 15) is 17.6 Å². The molecule has 0 aliphatic heterocycles. The predicted molar refractivity (Wildman–Crippen MR) is 45.4 cm³/mol. The topological polar surface area (TPSA) is 0 Å². The van der Waals surface area contributed by atoms with Crippen molar-refractivity contribution >= 4 is 11.6 Å². The molecule has 0 bridgehead atoms. The molecule has 0 aliphatic rings. The van der Waals surface area contributed by atoms with Crippen LogP contribution in [-0.2, 0) is 0 Å². The van der Waals surface area contributed by atoms with Crippen LogP contribution in [-0.4, -0.2) is 0 Å². The first-order chi connectivity index (χ1) is 6.37. The number of benzene rings is 1. The predicted octanol–water partition coefficient (Wildman–Crippen LogP) is 4.02. The molecule has 0 spiro atoms. The summed E-state index contributed by atoms with van der Waals surface area (Å²) in [5.74, 6) is -6.60. The molecule has 0 radical (unpaired) electrons. The van der Waals surface area contributed by atoms with Gasteiger partial charge in [0.1, 0.15) is 5.02 Å². The van der Waals surface area contributed by atoms with E-state index >= 15 is 0 Å². The van der Waals surface area contributed by atoms with Crippen molar-refractivity contribution in [2.24, 2.45) is 0 Å². The fourth-order valence-corrected chi connectivity index (χ4v) is 1.29. The first-order valence-electron chi connectivity index (χ1n) is 3.89. The van der Waals surface area contributed by atoms with Gasteiger partial charge in [-0.05, 0) is 5.92 Å². The van der Waals surface area contributed by atoms with Crippen LogP contribution in [0.3, 0.4) is 0 Å². The van der Waals surface area contributed by atoms with E-state index in [0.717, 1.165) is 0 Å². The Morgan fingerprint density at radius 3 is 1.50 bits per heavy atom. The first-order valence-corrected chi connectivity index (χ1v) is 4.27. The summed E-state index contributed by atoms with van der Waals surface area (Å²) < 4.78 is 51.9. The number of hydrogen-bond donors (Lipinski definition) is 0. The van der Waals surface area contributed by atoms with Crippen LogP contribution < -0.4 is 0 Å². The second kappa shape index (κ2) is 3.77. The Hall–Kier alpha value is -0.770. The van der Waals surface area contributed by atoms with E-state index < -0.39 is 39.8 Å². The van der Waals surface area contributed by atoms with Gasteiger partial charge in [0, 0.05) is 5.56 Å². The van der Waals surface area contributed by atoms with E-state index in [2.05, 4.69) is 0 Å². The van der Waals surface area contributed by atoms with Crippen LogP contribution in [0.5, 0.6) is 0 Å². The van der Waals surface area contributed by atoms with Gasteiger partial charge in [-0.1, -0.05) is 25.4 Å². The fraction of sp³-hybridized carbons (Fsp3) is 0.333. The smallest absolute Gasteiger partial charge is 0.180 e. The van der Waals surface area contributed by atoms with Gasteiger partial charge < -0.3 is 0 Å². The summed E-state index contributed by atoms with van der Waals surface area (Å²) in [5.41, 5.74) is -0.621. The molecule has 0 nitrogen and oxygen atoms in total. The third-order valence-electron chi connectivity index (χ3n) is 1.82. The van der Waals surface area contributed by atoms with Gasteiger partial charge in [-0.15, -0.1) is 0 Å². The van der Waals surface area contributed by atoms with Gasteiger partial charge in [0.2, 0.25) is 0 Å². The molecule has 0 amide bonds. The van der Waals surface area contributed by atoms with Crippen LogP contribution in [0.25, 0.3) is 0 Å².